The summed E-state index contributed by atoms with van der Waals surface area (Å²) in [5.74, 6) is -1.73. The largest absolute Gasteiger partial charge is 0.338 e. The summed E-state index contributed by atoms with van der Waals surface area (Å²) < 4.78 is 41.9. The van der Waals surface area contributed by atoms with Crippen LogP contribution in [0.1, 0.15) is 11.5 Å². The van der Waals surface area contributed by atoms with E-state index in [1.165, 1.54) is 18.2 Å². The number of benzene rings is 1. The Bertz CT molecular complexity index is 611. The predicted octanol–water partition coefficient (Wildman–Crippen LogP) is 2.56. The molecule has 1 heterocycles. The Labute approximate surface area is 106 Å². The van der Waals surface area contributed by atoms with Gasteiger partial charge in [-0.2, -0.15) is 4.98 Å². The number of alkyl halides is 2. The lowest BCUT2D eigenvalue weighted by molar-refractivity contribution is -0.129. The van der Waals surface area contributed by atoms with Gasteiger partial charge in [0.05, 0.1) is 6.42 Å². The summed E-state index contributed by atoms with van der Waals surface area (Å²) in [5.41, 5.74) is 0.880. The van der Waals surface area contributed by atoms with Crippen molar-refractivity contribution in [2.75, 3.05) is 0 Å². The number of aromatic nitrogens is 2. The van der Waals surface area contributed by atoms with E-state index in [2.05, 4.69) is 10.1 Å². The van der Waals surface area contributed by atoms with Crippen LogP contribution in [0, 0.1) is 12.7 Å². The molecule has 2 aromatic rings. The summed E-state index contributed by atoms with van der Waals surface area (Å²) in [5, 5.41) is 3.56. The van der Waals surface area contributed by atoms with E-state index in [4.69, 9.17) is 4.52 Å². The van der Waals surface area contributed by atoms with Crippen LogP contribution >= 0.6 is 0 Å². The number of Topliss-reactive ketones (excluding diaryl/α,β-unsaturated/α-hetero) is 1. The fraction of sp³-hybridized carbons (Fsp3) is 0.250. The molecule has 19 heavy (non-hydrogen) atoms. The second kappa shape index (κ2) is 5.21. The molecule has 0 fully saturated rings. The molecule has 1 aromatic heterocycles. The van der Waals surface area contributed by atoms with Crippen molar-refractivity contribution in [2.45, 2.75) is 19.8 Å². The van der Waals surface area contributed by atoms with Crippen molar-refractivity contribution in [1.29, 1.82) is 0 Å². The van der Waals surface area contributed by atoms with Crippen molar-refractivity contribution in [3.05, 3.63) is 35.5 Å². The van der Waals surface area contributed by atoms with E-state index in [1.54, 1.807) is 6.92 Å². The molecule has 0 unspecified atom stereocenters. The first-order valence-corrected chi connectivity index (χ1v) is 5.37. The van der Waals surface area contributed by atoms with Crippen LogP contribution in [0.4, 0.5) is 13.2 Å². The van der Waals surface area contributed by atoms with Crippen molar-refractivity contribution in [2.24, 2.45) is 0 Å². The third-order valence-corrected chi connectivity index (χ3v) is 2.45. The topological polar surface area (TPSA) is 56.0 Å². The lowest BCUT2D eigenvalue weighted by atomic mass is 10.1. The molecule has 0 saturated carbocycles. The highest BCUT2D eigenvalue weighted by atomic mass is 19.3. The normalized spacial score (nSPS) is 11.0. The van der Waals surface area contributed by atoms with Crippen molar-refractivity contribution in [3.63, 3.8) is 0 Å². The fourth-order valence-electron chi connectivity index (χ4n) is 1.45. The zero-order valence-corrected chi connectivity index (χ0v) is 9.86. The smallest absolute Gasteiger partial charge is 0.296 e. The molecule has 0 aliphatic carbocycles. The number of rotatable bonds is 4. The van der Waals surface area contributed by atoms with Gasteiger partial charge in [0.15, 0.2) is 0 Å². The van der Waals surface area contributed by atoms with E-state index in [-0.39, 0.29) is 17.5 Å². The van der Waals surface area contributed by atoms with E-state index >= 15 is 0 Å². The average Bonchev–Trinajstić information content (AvgIpc) is 2.81. The maximum atomic E-state index is 13.1. The van der Waals surface area contributed by atoms with Gasteiger partial charge in [0.25, 0.3) is 6.43 Å². The Balaban J connectivity index is 2.21. The van der Waals surface area contributed by atoms with E-state index in [9.17, 15) is 18.0 Å². The third kappa shape index (κ3) is 2.98. The SMILES string of the molecule is Cc1cc(-c2noc(CC(=O)C(F)F)n2)ccc1F. The maximum absolute atomic E-state index is 13.1. The highest BCUT2D eigenvalue weighted by Gasteiger charge is 2.20. The minimum Gasteiger partial charge on any atom is -0.338 e. The summed E-state index contributed by atoms with van der Waals surface area (Å²) in [6.07, 6.45) is -3.69. The summed E-state index contributed by atoms with van der Waals surface area (Å²) in [6, 6.07) is 4.18. The summed E-state index contributed by atoms with van der Waals surface area (Å²) in [6.45, 7) is 1.57. The molecule has 0 aliphatic rings. The molecule has 7 heteroatoms. The summed E-state index contributed by atoms with van der Waals surface area (Å²) in [4.78, 5) is 14.6. The molecule has 2 rings (SSSR count). The molecule has 1 aromatic carbocycles. The second-order valence-corrected chi connectivity index (χ2v) is 3.92. The molecule has 0 radical (unpaired) electrons. The molecule has 0 atom stereocenters. The Morgan fingerprint density at radius 1 is 1.42 bits per heavy atom. The van der Waals surface area contributed by atoms with E-state index in [0.29, 0.717) is 11.1 Å². The number of nitrogens with zero attached hydrogens (tertiary/aromatic N) is 2. The van der Waals surface area contributed by atoms with Gasteiger partial charge >= 0.3 is 0 Å². The zero-order chi connectivity index (χ0) is 14.0. The highest BCUT2D eigenvalue weighted by molar-refractivity contribution is 5.83. The Hall–Kier alpha value is -2.18. The number of carbonyl (C=O) groups is 1. The van der Waals surface area contributed by atoms with E-state index in [1.807, 2.05) is 0 Å². The summed E-state index contributed by atoms with van der Waals surface area (Å²) in [7, 11) is 0. The van der Waals surface area contributed by atoms with Crippen LogP contribution in [0.25, 0.3) is 11.4 Å². The van der Waals surface area contributed by atoms with Gasteiger partial charge in [-0.15, -0.1) is 0 Å². The molecular weight excluding hydrogens is 261 g/mol. The molecule has 0 spiro atoms. The molecule has 0 amide bonds. The number of aryl methyl sites for hydroxylation is 1. The Morgan fingerprint density at radius 2 is 2.16 bits per heavy atom. The van der Waals surface area contributed by atoms with Gasteiger partial charge in [-0.05, 0) is 30.7 Å². The maximum Gasteiger partial charge on any atom is 0.296 e. The number of ketones is 1. The van der Waals surface area contributed by atoms with Gasteiger partial charge in [-0.3, -0.25) is 4.79 Å². The van der Waals surface area contributed by atoms with Gasteiger partial charge in [0.1, 0.15) is 5.82 Å². The number of halogens is 3. The number of hydrogen-bond donors (Lipinski definition) is 0. The molecule has 0 bridgehead atoms. The van der Waals surface area contributed by atoms with Gasteiger partial charge in [-0.1, -0.05) is 5.16 Å². The van der Waals surface area contributed by atoms with Crippen molar-refractivity contribution < 1.29 is 22.5 Å². The van der Waals surface area contributed by atoms with E-state index < -0.39 is 18.6 Å². The first-order chi connectivity index (χ1) is 8.97. The van der Waals surface area contributed by atoms with Crippen LogP contribution in [0.2, 0.25) is 0 Å². The van der Waals surface area contributed by atoms with Crippen molar-refractivity contribution in [3.8, 4) is 11.4 Å². The van der Waals surface area contributed by atoms with Crippen LogP contribution in [0.15, 0.2) is 22.7 Å². The molecular formula is C12H9F3N2O2. The minimum atomic E-state index is -3.07. The Kier molecular flexibility index (Phi) is 3.64. The third-order valence-electron chi connectivity index (χ3n) is 2.45. The molecule has 0 aliphatic heterocycles. The Morgan fingerprint density at radius 3 is 2.79 bits per heavy atom. The van der Waals surface area contributed by atoms with Gasteiger partial charge in [-0.25, -0.2) is 13.2 Å². The number of carbonyl (C=O) groups excluding carboxylic acids is 1. The van der Waals surface area contributed by atoms with Gasteiger partial charge in [0.2, 0.25) is 17.5 Å². The number of hydrogen-bond acceptors (Lipinski definition) is 4. The van der Waals surface area contributed by atoms with Crippen LogP contribution in [0.3, 0.4) is 0 Å². The first kappa shape index (κ1) is 13.3. The predicted molar refractivity (Wildman–Crippen MR) is 59.1 cm³/mol. The van der Waals surface area contributed by atoms with Crippen LogP contribution < -0.4 is 0 Å². The van der Waals surface area contributed by atoms with E-state index in [0.717, 1.165) is 0 Å². The summed E-state index contributed by atoms with van der Waals surface area (Å²) >= 11 is 0. The van der Waals surface area contributed by atoms with Crippen molar-refractivity contribution >= 4 is 5.78 Å². The first-order valence-electron chi connectivity index (χ1n) is 5.37. The zero-order valence-electron chi connectivity index (χ0n) is 9.86. The monoisotopic (exact) mass is 270 g/mol. The standard InChI is InChI=1S/C12H9F3N2O2/c1-6-4-7(2-3-8(6)13)12-16-10(19-17-12)5-9(18)11(14)15/h2-4,11H,5H2,1H3. The molecule has 0 saturated heterocycles. The second-order valence-electron chi connectivity index (χ2n) is 3.92. The lowest BCUT2D eigenvalue weighted by Gasteiger charge is -1.98. The minimum absolute atomic E-state index is 0.125. The van der Waals surface area contributed by atoms with Crippen molar-refractivity contribution in [1.82, 2.24) is 10.1 Å². The lowest BCUT2D eigenvalue weighted by Crippen LogP contribution is -2.12. The quantitative estimate of drug-likeness (QED) is 0.856. The fourth-order valence-corrected chi connectivity index (χ4v) is 1.45. The van der Waals surface area contributed by atoms with Crippen LogP contribution in [0.5, 0.6) is 0 Å². The van der Waals surface area contributed by atoms with Crippen LogP contribution in [-0.2, 0) is 11.2 Å². The molecule has 0 N–H and O–H groups in total. The van der Waals surface area contributed by atoms with Gasteiger partial charge in [0, 0.05) is 5.56 Å². The highest BCUT2D eigenvalue weighted by Crippen LogP contribution is 2.19. The molecule has 4 nitrogen and oxygen atoms in total. The molecule has 100 valence electrons. The average molecular weight is 270 g/mol. The van der Waals surface area contributed by atoms with Gasteiger partial charge < -0.3 is 4.52 Å². The van der Waals surface area contributed by atoms with Crippen LogP contribution in [-0.4, -0.2) is 22.3 Å².